The Morgan fingerprint density at radius 2 is 1.67 bits per heavy atom. The summed E-state index contributed by atoms with van der Waals surface area (Å²) < 4.78 is 0. The lowest BCUT2D eigenvalue weighted by Crippen LogP contribution is -2.27. The van der Waals surface area contributed by atoms with E-state index in [1.54, 1.807) is 12.1 Å². The molecule has 1 aromatic carbocycles. The van der Waals surface area contributed by atoms with Gasteiger partial charge in [0.2, 0.25) is 0 Å². The van der Waals surface area contributed by atoms with Crippen molar-refractivity contribution in [2.24, 2.45) is 0 Å². The molecule has 0 amide bonds. The third-order valence-corrected chi connectivity index (χ3v) is 3.59. The van der Waals surface area contributed by atoms with Crippen molar-refractivity contribution >= 4 is 11.5 Å². The SMILES string of the molecule is Nc1ccc(C(=O)CCN2CCCCCC2)cc1. The number of anilines is 1. The van der Waals surface area contributed by atoms with Gasteiger partial charge in [0.05, 0.1) is 0 Å². The molecule has 18 heavy (non-hydrogen) atoms. The minimum atomic E-state index is 0.222. The fourth-order valence-electron chi connectivity index (χ4n) is 2.43. The van der Waals surface area contributed by atoms with Gasteiger partial charge in [-0.1, -0.05) is 12.8 Å². The molecule has 98 valence electrons. The summed E-state index contributed by atoms with van der Waals surface area (Å²) in [6, 6.07) is 7.22. The molecule has 0 saturated carbocycles. The number of carbonyl (C=O) groups is 1. The predicted octanol–water partition coefficient (Wildman–Crippen LogP) is 2.72. The molecular formula is C15H22N2O. The lowest BCUT2D eigenvalue weighted by Gasteiger charge is -2.18. The number of hydrogen-bond donors (Lipinski definition) is 1. The molecule has 2 rings (SSSR count). The average Bonchev–Trinajstić information content (AvgIpc) is 2.65. The smallest absolute Gasteiger partial charge is 0.164 e. The van der Waals surface area contributed by atoms with Crippen molar-refractivity contribution in [2.75, 3.05) is 25.4 Å². The first-order valence-electron chi connectivity index (χ1n) is 6.87. The number of nitrogen functional groups attached to an aromatic ring is 1. The fourth-order valence-corrected chi connectivity index (χ4v) is 2.43. The molecule has 0 unspecified atom stereocenters. The van der Waals surface area contributed by atoms with Crippen molar-refractivity contribution in [1.29, 1.82) is 0 Å². The van der Waals surface area contributed by atoms with Crippen molar-refractivity contribution < 1.29 is 4.79 Å². The summed E-state index contributed by atoms with van der Waals surface area (Å²) in [6.45, 7) is 3.19. The van der Waals surface area contributed by atoms with Crippen LogP contribution in [-0.4, -0.2) is 30.3 Å². The minimum absolute atomic E-state index is 0.222. The van der Waals surface area contributed by atoms with Crippen molar-refractivity contribution in [3.63, 3.8) is 0 Å². The lowest BCUT2D eigenvalue weighted by atomic mass is 10.1. The Balaban J connectivity index is 1.82. The molecule has 3 heteroatoms. The summed E-state index contributed by atoms with van der Waals surface area (Å²) in [6.07, 6.45) is 5.83. The largest absolute Gasteiger partial charge is 0.399 e. The molecule has 0 bridgehead atoms. The first-order chi connectivity index (χ1) is 8.75. The maximum atomic E-state index is 12.0. The standard InChI is InChI=1S/C15H22N2O/c16-14-7-5-13(6-8-14)15(18)9-12-17-10-3-1-2-4-11-17/h5-8H,1-4,9-12,16H2. The van der Waals surface area contributed by atoms with Gasteiger partial charge in [0.25, 0.3) is 0 Å². The number of rotatable bonds is 4. The predicted molar refractivity (Wildman–Crippen MR) is 74.7 cm³/mol. The highest BCUT2D eigenvalue weighted by molar-refractivity contribution is 5.96. The Bertz CT molecular complexity index is 378. The highest BCUT2D eigenvalue weighted by Crippen LogP contribution is 2.12. The summed E-state index contributed by atoms with van der Waals surface area (Å²) in [7, 11) is 0. The van der Waals surface area contributed by atoms with Crippen molar-refractivity contribution in [2.45, 2.75) is 32.1 Å². The molecule has 0 radical (unpaired) electrons. The van der Waals surface area contributed by atoms with Gasteiger partial charge in [-0.2, -0.15) is 0 Å². The van der Waals surface area contributed by atoms with Crippen LogP contribution in [-0.2, 0) is 0 Å². The van der Waals surface area contributed by atoms with Gasteiger partial charge in [0.1, 0.15) is 0 Å². The summed E-state index contributed by atoms with van der Waals surface area (Å²) in [5, 5.41) is 0. The molecule has 1 fully saturated rings. The first-order valence-corrected chi connectivity index (χ1v) is 6.87. The van der Waals surface area contributed by atoms with Gasteiger partial charge in [0, 0.05) is 24.2 Å². The number of nitrogens with zero attached hydrogens (tertiary/aromatic N) is 1. The van der Waals surface area contributed by atoms with E-state index >= 15 is 0 Å². The maximum absolute atomic E-state index is 12.0. The molecule has 3 nitrogen and oxygen atoms in total. The van der Waals surface area contributed by atoms with Crippen molar-refractivity contribution in [3.8, 4) is 0 Å². The number of carbonyl (C=O) groups excluding carboxylic acids is 1. The van der Waals surface area contributed by atoms with Crippen molar-refractivity contribution in [1.82, 2.24) is 4.90 Å². The molecule has 1 aliphatic rings. The van der Waals surface area contributed by atoms with E-state index < -0.39 is 0 Å². The minimum Gasteiger partial charge on any atom is -0.399 e. The Labute approximate surface area is 109 Å². The van der Waals surface area contributed by atoms with Crippen LogP contribution in [0.1, 0.15) is 42.5 Å². The van der Waals surface area contributed by atoms with E-state index in [0.29, 0.717) is 12.1 Å². The van der Waals surface area contributed by atoms with Gasteiger partial charge >= 0.3 is 0 Å². The van der Waals surface area contributed by atoms with E-state index in [-0.39, 0.29) is 5.78 Å². The summed E-state index contributed by atoms with van der Waals surface area (Å²) >= 11 is 0. The molecule has 1 heterocycles. The number of ketones is 1. The monoisotopic (exact) mass is 246 g/mol. The zero-order chi connectivity index (χ0) is 12.8. The Kier molecular flexibility index (Phi) is 4.76. The average molecular weight is 246 g/mol. The molecule has 2 N–H and O–H groups in total. The van der Waals surface area contributed by atoms with Crippen LogP contribution >= 0.6 is 0 Å². The third kappa shape index (κ3) is 3.84. The molecule has 0 atom stereocenters. The van der Waals surface area contributed by atoms with E-state index in [2.05, 4.69) is 4.90 Å². The number of nitrogens with two attached hydrogens (primary N) is 1. The van der Waals surface area contributed by atoms with Gasteiger partial charge < -0.3 is 10.6 Å². The van der Waals surface area contributed by atoms with Crippen LogP contribution in [0, 0.1) is 0 Å². The Morgan fingerprint density at radius 1 is 1.06 bits per heavy atom. The molecule has 1 aliphatic heterocycles. The normalized spacial score (nSPS) is 17.3. The van der Waals surface area contributed by atoms with Gasteiger partial charge in [-0.25, -0.2) is 0 Å². The van der Waals surface area contributed by atoms with Crippen molar-refractivity contribution in [3.05, 3.63) is 29.8 Å². The fraction of sp³-hybridized carbons (Fsp3) is 0.533. The highest BCUT2D eigenvalue weighted by Gasteiger charge is 2.11. The van der Waals surface area contributed by atoms with E-state index in [4.69, 9.17) is 5.73 Å². The van der Waals surface area contributed by atoms with E-state index in [0.717, 1.165) is 25.2 Å². The zero-order valence-corrected chi connectivity index (χ0v) is 10.9. The molecule has 0 aromatic heterocycles. The molecule has 1 aromatic rings. The highest BCUT2D eigenvalue weighted by atomic mass is 16.1. The second-order valence-electron chi connectivity index (χ2n) is 5.05. The van der Waals surface area contributed by atoms with Crippen LogP contribution in [0.4, 0.5) is 5.69 Å². The van der Waals surface area contributed by atoms with Gasteiger partial charge in [-0.15, -0.1) is 0 Å². The topological polar surface area (TPSA) is 46.3 Å². The van der Waals surface area contributed by atoms with E-state index in [1.807, 2.05) is 12.1 Å². The van der Waals surface area contributed by atoms with Gasteiger partial charge in [0.15, 0.2) is 5.78 Å². The molecular weight excluding hydrogens is 224 g/mol. The number of hydrogen-bond acceptors (Lipinski definition) is 3. The van der Waals surface area contributed by atoms with Crippen LogP contribution in [0.3, 0.4) is 0 Å². The van der Waals surface area contributed by atoms with E-state index in [1.165, 1.54) is 25.7 Å². The summed E-state index contributed by atoms with van der Waals surface area (Å²) in [5.41, 5.74) is 7.10. The van der Waals surface area contributed by atoms with Gasteiger partial charge in [-0.05, 0) is 50.2 Å². The third-order valence-electron chi connectivity index (χ3n) is 3.59. The quantitative estimate of drug-likeness (QED) is 0.656. The van der Waals surface area contributed by atoms with E-state index in [9.17, 15) is 4.79 Å². The van der Waals surface area contributed by atoms with Crippen LogP contribution in [0.25, 0.3) is 0 Å². The zero-order valence-electron chi connectivity index (χ0n) is 10.9. The maximum Gasteiger partial charge on any atom is 0.164 e. The summed E-state index contributed by atoms with van der Waals surface area (Å²) in [5.74, 6) is 0.222. The van der Waals surface area contributed by atoms with Crippen LogP contribution in [0.5, 0.6) is 0 Å². The summed E-state index contributed by atoms with van der Waals surface area (Å²) in [4.78, 5) is 14.4. The molecule has 0 spiro atoms. The van der Waals surface area contributed by atoms with Gasteiger partial charge in [-0.3, -0.25) is 4.79 Å². The lowest BCUT2D eigenvalue weighted by molar-refractivity contribution is 0.0965. The van der Waals surface area contributed by atoms with Crippen LogP contribution in [0.15, 0.2) is 24.3 Å². The Hall–Kier alpha value is -1.35. The Morgan fingerprint density at radius 3 is 2.28 bits per heavy atom. The van der Waals surface area contributed by atoms with Crippen LogP contribution in [0.2, 0.25) is 0 Å². The molecule has 0 aliphatic carbocycles. The molecule has 1 saturated heterocycles. The second-order valence-corrected chi connectivity index (χ2v) is 5.05. The van der Waals surface area contributed by atoms with Crippen LogP contribution < -0.4 is 5.73 Å². The first kappa shape index (κ1) is 13.1. The second kappa shape index (κ2) is 6.55. The number of benzene rings is 1. The number of Topliss-reactive ketones (excluding diaryl/α,β-unsaturated/α-hetero) is 1. The number of likely N-dealkylation sites (tertiary alicyclic amines) is 1.